The summed E-state index contributed by atoms with van der Waals surface area (Å²) in [7, 11) is 3.15. The molecule has 0 spiro atoms. The Morgan fingerprint density at radius 3 is 2.62 bits per heavy atom. The van der Waals surface area contributed by atoms with Crippen LogP contribution in [0.3, 0.4) is 0 Å². The molecular weight excluding hydrogens is 438 g/mol. The molecule has 0 radical (unpaired) electrons. The van der Waals surface area contributed by atoms with Crippen LogP contribution in [0.2, 0.25) is 0 Å². The lowest BCUT2D eigenvalue weighted by atomic mass is 9.94. The highest BCUT2D eigenvalue weighted by Gasteiger charge is 2.32. The highest BCUT2D eigenvalue weighted by Crippen LogP contribution is 2.42. The van der Waals surface area contributed by atoms with Gasteiger partial charge >= 0.3 is 5.97 Å². The Balaban J connectivity index is 1.37. The van der Waals surface area contributed by atoms with Crippen molar-refractivity contribution in [1.82, 2.24) is 5.32 Å². The first-order valence-electron chi connectivity index (χ1n) is 11.2. The molecule has 180 valence electrons. The number of carbonyl (C=O) groups excluding carboxylic acids is 2. The van der Waals surface area contributed by atoms with Gasteiger partial charge in [-0.3, -0.25) is 4.79 Å². The molecule has 0 aliphatic carbocycles. The topological polar surface area (TPSA) is 92.3 Å². The van der Waals surface area contributed by atoms with Gasteiger partial charge in [-0.15, -0.1) is 0 Å². The van der Waals surface area contributed by atoms with Crippen LogP contribution in [0.1, 0.15) is 52.4 Å². The van der Waals surface area contributed by atoms with E-state index in [0.717, 1.165) is 33.6 Å². The van der Waals surface area contributed by atoms with Gasteiger partial charge in [0.2, 0.25) is 12.7 Å². The molecule has 0 saturated carbocycles. The molecule has 34 heavy (non-hydrogen) atoms. The van der Waals surface area contributed by atoms with Crippen LogP contribution in [0.5, 0.6) is 23.0 Å². The van der Waals surface area contributed by atoms with E-state index in [-0.39, 0.29) is 25.3 Å². The molecule has 8 heteroatoms. The minimum Gasteiger partial charge on any atom is -0.496 e. The zero-order chi connectivity index (χ0) is 24.2. The van der Waals surface area contributed by atoms with Crippen LogP contribution in [0.15, 0.2) is 29.8 Å². The third-order valence-corrected chi connectivity index (χ3v) is 6.16. The quantitative estimate of drug-likeness (QED) is 0.440. The smallest absolute Gasteiger partial charge is 0.342 e. The summed E-state index contributed by atoms with van der Waals surface area (Å²) in [6.07, 6.45) is 3.54. The number of benzene rings is 2. The number of nitrogens with one attached hydrogen (secondary N) is 1. The Kier molecular flexibility index (Phi) is 6.95. The van der Waals surface area contributed by atoms with Crippen LogP contribution < -0.4 is 24.3 Å². The van der Waals surface area contributed by atoms with Crippen molar-refractivity contribution in [2.24, 2.45) is 0 Å². The first-order chi connectivity index (χ1) is 16.4. The summed E-state index contributed by atoms with van der Waals surface area (Å²) in [6.45, 7) is 4.78. The molecule has 2 heterocycles. The summed E-state index contributed by atoms with van der Waals surface area (Å²) in [4.78, 5) is 24.6. The van der Waals surface area contributed by atoms with Crippen molar-refractivity contribution in [2.45, 2.75) is 46.3 Å². The molecule has 2 aliphatic rings. The van der Waals surface area contributed by atoms with Gasteiger partial charge in [-0.1, -0.05) is 17.7 Å². The van der Waals surface area contributed by atoms with Gasteiger partial charge in [0, 0.05) is 24.1 Å². The van der Waals surface area contributed by atoms with E-state index in [9.17, 15) is 9.59 Å². The summed E-state index contributed by atoms with van der Waals surface area (Å²) in [6, 6.07) is 5.64. The lowest BCUT2D eigenvalue weighted by Gasteiger charge is -2.18. The second-order valence-corrected chi connectivity index (χ2v) is 8.32. The fraction of sp³-hybridized carbons (Fsp3) is 0.385. The predicted octanol–water partition coefficient (Wildman–Crippen LogP) is 4.00. The molecule has 0 fully saturated rings. The lowest BCUT2D eigenvalue weighted by Crippen LogP contribution is -2.22. The van der Waals surface area contributed by atoms with E-state index in [0.29, 0.717) is 48.6 Å². The number of ether oxygens (including phenoxy) is 5. The fourth-order valence-electron chi connectivity index (χ4n) is 4.26. The largest absolute Gasteiger partial charge is 0.496 e. The van der Waals surface area contributed by atoms with Crippen molar-refractivity contribution in [3.63, 3.8) is 0 Å². The van der Waals surface area contributed by atoms with Crippen LogP contribution in [0, 0.1) is 6.92 Å². The Morgan fingerprint density at radius 2 is 1.85 bits per heavy atom. The molecule has 2 aliphatic heterocycles. The van der Waals surface area contributed by atoms with Gasteiger partial charge in [-0.05, 0) is 49.9 Å². The normalized spacial score (nSPS) is 14.0. The number of methoxy groups -OCH3 is 2. The van der Waals surface area contributed by atoms with Crippen molar-refractivity contribution < 1.29 is 33.3 Å². The van der Waals surface area contributed by atoms with Gasteiger partial charge in [-0.2, -0.15) is 0 Å². The van der Waals surface area contributed by atoms with Gasteiger partial charge in [0.05, 0.1) is 14.2 Å². The monoisotopic (exact) mass is 467 g/mol. The molecule has 8 nitrogen and oxygen atoms in total. The van der Waals surface area contributed by atoms with E-state index >= 15 is 0 Å². The van der Waals surface area contributed by atoms with Crippen molar-refractivity contribution in [3.8, 4) is 23.0 Å². The fourth-order valence-corrected chi connectivity index (χ4v) is 4.26. The molecule has 0 bridgehead atoms. The number of carbonyl (C=O) groups is 2. The number of rotatable bonds is 9. The summed E-state index contributed by atoms with van der Waals surface area (Å²) < 4.78 is 27.2. The maximum atomic E-state index is 12.4. The maximum Gasteiger partial charge on any atom is 0.342 e. The molecule has 1 amide bonds. The zero-order valence-corrected chi connectivity index (χ0v) is 19.9. The number of fused-ring (bicyclic) bond motifs is 2. The number of esters is 1. The van der Waals surface area contributed by atoms with Gasteiger partial charge in [0.25, 0.3) is 0 Å². The molecule has 4 rings (SSSR count). The van der Waals surface area contributed by atoms with E-state index in [1.807, 2.05) is 38.1 Å². The van der Waals surface area contributed by atoms with Crippen molar-refractivity contribution in [3.05, 3.63) is 57.7 Å². The van der Waals surface area contributed by atoms with Crippen LogP contribution in [-0.2, 0) is 29.1 Å². The number of cyclic esters (lactones) is 1. The molecule has 0 atom stereocenters. The second kappa shape index (κ2) is 10.1. The number of amides is 1. The standard InChI is InChI=1S/C26H29NO7/c1-15(6-10-22(28)27-12-17-7-9-20-21(11-17)34-14-33-20)5-8-18-24(30-3)16(2)19-13-32-26(29)23(19)25(18)31-4/h5,7,9,11H,6,8,10,12-14H2,1-4H3,(H,27,28)/b15-5+. The average molecular weight is 468 g/mol. The van der Waals surface area contributed by atoms with Crippen molar-refractivity contribution in [2.75, 3.05) is 21.0 Å². The van der Waals surface area contributed by atoms with Gasteiger partial charge in [0.1, 0.15) is 23.7 Å². The highest BCUT2D eigenvalue weighted by atomic mass is 16.7. The number of allylic oxidation sites excluding steroid dienone is 2. The zero-order valence-electron chi connectivity index (χ0n) is 19.9. The van der Waals surface area contributed by atoms with Crippen LogP contribution in [-0.4, -0.2) is 32.9 Å². The Labute approximate surface area is 198 Å². The van der Waals surface area contributed by atoms with E-state index < -0.39 is 0 Å². The van der Waals surface area contributed by atoms with E-state index in [2.05, 4.69) is 5.32 Å². The minimum absolute atomic E-state index is 0.0308. The predicted molar refractivity (Wildman–Crippen MR) is 125 cm³/mol. The number of hydrogen-bond donors (Lipinski definition) is 1. The van der Waals surface area contributed by atoms with E-state index in [1.165, 1.54) is 0 Å². The molecule has 2 aromatic carbocycles. The SMILES string of the molecule is COc1c(C)c2c(c(OC)c1C/C=C(\C)CCC(=O)NCc1ccc3c(c1)OCO3)C(=O)OC2. The average Bonchev–Trinajstić information content (AvgIpc) is 3.46. The Morgan fingerprint density at radius 1 is 1.09 bits per heavy atom. The van der Waals surface area contributed by atoms with Crippen LogP contribution in [0.4, 0.5) is 0 Å². The molecule has 0 saturated heterocycles. The lowest BCUT2D eigenvalue weighted by molar-refractivity contribution is -0.121. The molecule has 2 aromatic rings. The Hall–Kier alpha value is -3.68. The van der Waals surface area contributed by atoms with Crippen molar-refractivity contribution in [1.29, 1.82) is 0 Å². The Bertz CT molecular complexity index is 1150. The first-order valence-corrected chi connectivity index (χ1v) is 11.2. The maximum absolute atomic E-state index is 12.4. The number of hydrogen-bond acceptors (Lipinski definition) is 7. The van der Waals surface area contributed by atoms with Crippen LogP contribution in [0.25, 0.3) is 0 Å². The molecule has 0 unspecified atom stereocenters. The third kappa shape index (κ3) is 4.66. The van der Waals surface area contributed by atoms with Gasteiger partial charge in [-0.25, -0.2) is 4.79 Å². The summed E-state index contributed by atoms with van der Waals surface area (Å²) in [5, 5.41) is 2.94. The first kappa shape index (κ1) is 23.5. The molecule has 0 aromatic heterocycles. The molecular formula is C26H29NO7. The summed E-state index contributed by atoms with van der Waals surface area (Å²) in [5.74, 6) is 2.20. The third-order valence-electron chi connectivity index (χ3n) is 6.16. The van der Waals surface area contributed by atoms with Crippen molar-refractivity contribution >= 4 is 11.9 Å². The molecule has 1 N–H and O–H groups in total. The minimum atomic E-state index is -0.376. The van der Waals surface area contributed by atoms with E-state index in [4.69, 9.17) is 23.7 Å². The second-order valence-electron chi connectivity index (χ2n) is 8.32. The van der Waals surface area contributed by atoms with E-state index in [1.54, 1.807) is 14.2 Å². The van der Waals surface area contributed by atoms with Gasteiger partial charge < -0.3 is 29.0 Å². The highest BCUT2D eigenvalue weighted by molar-refractivity contribution is 5.98. The summed E-state index contributed by atoms with van der Waals surface area (Å²) in [5.41, 5.74) is 4.98. The van der Waals surface area contributed by atoms with Gasteiger partial charge in [0.15, 0.2) is 11.5 Å². The van der Waals surface area contributed by atoms with Crippen LogP contribution >= 0.6 is 0 Å². The summed E-state index contributed by atoms with van der Waals surface area (Å²) >= 11 is 0.